The Kier molecular flexibility index (Phi) is 62.9. The van der Waals surface area contributed by atoms with Crippen LogP contribution in [0, 0.1) is 0 Å². The molecule has 6 nitrogen and oxygen atoms in total. The van der Waals surface area contributed by atoms with Crippen molar-refractivity contribution in [2.45, 2.75) is 398 Å². The molecule has 2 unspecified atom stereocenters. The zero-order chi connectivity index (χ0) is 53.6. The van der Waals surface area contributed by atoms with Crippen molar-refractivity contribution in [3.8, 4) is 0 Å². The van der Waals surface area contributed by atoms with Crippen LogP contribution in [0.4, 0.5) is 0 Å². The van der Waals surface area contributed by atoms with E-state index in [1.165, 1.54) is 315 Å². The predicted molar refractivity (Wildman–Crippen MR) is 324 cm³/mol. The summed E-state index contributed by atoms with van der Waals surface area (Å²) in [6, 6.07) is -0.634. The number of rotatable bonds is 64. The number of ether oxygens (including phenoxy) is 1. The Labute approximate surface area is 463 Å². The minimum absolute atomic E-state index is 0.00746. The van der Waals surface area contributed by atoms with E-state index in [4.69, 9.17) is 4.74 Å². The van der Waals surface area contributed by atoms with Crippen LogP contribution >= 0.6 is 0 Å². The summed E-state index contributed by atoms with van der Waals surface area (Å²) >= 11 is 0. The average Bonchev–Trinajstić information content (AvgIpc) is 3.40. The summed E-state index contributed by atoms with van der Waals surface area (Å²) in [5.41, 5.74) is 0. The maximum atomic E-state index is 12.5. The van der Waals surface area contributed by atoms with Crippen molar-refractivity contribution in [1.82, 2.24) is 5.32 Å². The lowest BCUT2D eigenvalue weighted by Crippen LogP contribution is -2.45. The van der Waals surface area contributed by atoms with Crippen molar-refractivity contribution >= 4 is 11.9 Å². The summed E-state index contributed by atoms with van der Waals surface area (Å²) in [5, 5.41) is 23.3. The highest BCUT2D eigenvalue weighted by Gasteiger charge is 2.18. The first kappa shape index (κ1) is 72.6. The number of aliphatic hydroxyl groups excluding tert-OH is 2. The highest BCUT2D eigenvalue weighted by molar-refractivity contribution is 5.76. The van der Waals surface area contributed by atoms with Gasteiger partial charge in [0.1, 0.15) is 0 Å². The molecule has 0 radical (unpaired) electrons. The fraction of sp³-hybridized carbons (Fsp3) is 0.941. The molecule has 3 N–H and O–H groups in total. The van der Waals surface area contributed by atoms with Gasteiger partial charge in [0.2, 0.25) is 5.91 Å². The largest absolute Gasteiger partial charge is 0.466 e. The predicted octanol–water partition coefficient (Wildman–Crippen LogP) is 21.6. The second-order valence-corrected chi connectivity index (χ2v) is 23.5. The number of allylic oxidation sites excluding steroid dienone is 1. The van der Waals surface area contributed by atoms with Crippen LogP contribution in [-0.4, -0.2) is 47.4 Å². The Morgan fingerprint density at radius 1 is 0.365 bits per heavy atom. The Morgan fingerprint density at radius 3 is 0.919 bits per heavy atom. The molecule has 0 aliphatic heterocycles. The molecular weight excluding hydrogens is 911 g/mol. The summed E-state index contributed by atoms with van der Waals surface area (Å²) in [6.07, 6.45) is 78.4. The third-order valence-electron chi connectivity index (χ3n) is 16.1. The summed E-state index contributed by atoms with van der Waals surface area (Å²) in [6.45, 7) is 4.94. The van der Waals surface area contributed by atoms with Crippen molar-refractivity contribution < 1.29 is 24.5 Å². The molecule has 0 saturated heterocycles. The lowest BCUT2D eigenvalue weighted by Gasteiger charge is -2.20. The Morgan fingerprint density at radius 2 is 0.622 bits per heavy atom. The number of unbranched alkanes of at least 4 members (excludes halogenated alkanes) is 53. The zero-order valence-electron chi connectivity index (χ0n) is 50.4. The number of carbonyl (C=O) groups excluding carboxylic acids is 2. The Bertz CT molecular complexity index is 1110. The van der Waals surface area contributed by atoms with Gasteiger partial charge in [-0.3, -0.25) is 9.59 Å². The van der Waals surface area contributed by atoms with E-state index in [1.54, 1.807) is 6.08 Å². The van der Waals surface area contributed by atoms with E-state index < -0.39 is 12.1 Å². The number of hydrogen-bond acceptors (Lipinski definition) is 5. The standard InChI is InChI=1S/C68H133NO5/c1-3-5-7-9-11-13-15-17-19-21-22-23-24-25-26-27-29-32-36-40-44-48-52-56-60-66(71)65(64-70)69-67(72)61-57-53-49-45-41-37-33-30-31-35-39-43-47-51-55-59-63-74-68(73)62-58-54-50-46-42-38-34-28-20-18-16-14-12-10-8-6-4-2/h56,60,65-66,70-71H,3-55,57-59,61-64H2,1-2H3,(H,69,72)/b60-56+. The molecule has 0 aromatic carbocycles. The van der Waals surface area contributed by atoms with Gasteiger partial charge < -0.3 is 20.3 Å². The topological polar surface area (TPSA) is 95.9 Å². The van der Waals surface area contributed by atoms with Gasteiger partial charge in [-0.15, -0.1) is 0 Å². The van der Waals surface area contributed by atoms with E-state index in [-0.39, 0.29) is 18.5 Å². The smallest absolute Gasteiger partial charge is 0.305 e. The fourth-order valence-electron chi connectivity index (χ4n) is 10.9. The second kappa shape index (κ2) is 64.1. The van der Waals surface area contributed by atoms with Crippen LogP contribution in [0.2, 0.25) is 0 Å². The second-order valence-electron chi connectivity index (χ2n) is 23.5. The van der Waals surface area contributed by atoms with Gasteiger partial charge in [0.05, 0.1) is 25.4 Å². The number of hydrogen-bond donors (Lipinski definition) is 3. The lowest BCUT2D eigenvalue weighted by molar-refractivity contribution is -0.143. The minimum Gasteiger partial charge on any atom is -0.466 e. The number of aliphatic hydroxyl groups is 2. The molecule has 0 aromatic rings. The van der Waals surface area contributed by atoms with E-state index in [2.05, 4.69) is 19.2 Å². The van der Waals surface area contributed by atoms with Crippen molar-refractivity contribution in [2.75, 3.05) is 13.2 Å². The van der Waals surface area contributed by atoms with Crippen molar-refractivity contribution in [3.63, 3.8) is 0 Å². The van der Waals surface area contributed by atoms with Crippen molar-refractivity contribution in [1.29, 1.82) is 0 Å². The summed E-state index contributed by atoms with van der Waals surface area (Å²) in [7, 11) is 0. The lowest BCUT2D eigenvalue weighted by atomic mass is 10.0. The van der Waals surface area contributed by atoms with Crippen LogP contribution in [0.3, 0.4) is 0 Å². The maximum absolute atomic E-state index is 12.5. The quantitative estimate of drug-likeness (QED) is 0.0320. The van der Waals surface area contributed by atoms with Gasteiger partial charge in [0.25, 0.3) is 0 Å². The Hall–Kier alpha value is -1.40. The Balaban J connectivity index is 3.43. The first-order valence-corrected chi connectivity index (χ1v) is 34.0. The minimum atomic E-state index is -0.850. The van der Waals surface area contributed by atoms with Crippen LogP contribution in [0.1, 0.15) is 386 Å². The van der Waals surface area contributed by atoms with E-state index >= 15 is 0 Å². The van der Waals surface area contributed by atoms with E-state index in [0.29, 0.717) is 19.4 Å². The first-order valence-electron chi connectivity index (χ1n) is 34.0. The molecule has 2 atom stereocenters. The number of esters is 1. The molecule has 74 heavy (non-hydrogen) atoms. The van der Waals surface area contributed by atoms with E-state index in [0.717, 1.165) is 44.9 Å². The zero-order valence-corrected chi connectivity index (χ0v) is 50.4. The van der Waals surface area contributed by atoms with E-state index in [1.807, 2.05) is 6.08 Å². The van der Waals surface area contributed by atoms with Crippen molar-refractivity contribution in [2.24, 2.45) is 0 Å². The molecule has 0 aromatic heterocycles. The summed E-state index contributed by atoms with van der Waals surface area (Å²) in [4.78, 5) is 24.6. The van der Waals surface area contributed by atoms with Gasteiger partial charge in [-0.2, -0.15) is 0 Å². The molecule has 0 fully saturated rings. The van der Waals surface area contributed by atoms with Gasteiger partial charge in [-0.25, -0.2) is 0 Å². The summed E-state index contributed by atoms with van der Waals surface area (Å²) < 4.78 is 5.50. The van der Waals surface area contributed by atoms with E-state index in [9.17, 15) is 19.8 Å². The van der Waals surface area contributed by atoms with Crippen molar-refractivity contribution in [3.05, 3.63) is 12.2 Å². The molecule has 6 heteroatoms. The van der Waals surface area contributed by atoms with Crippen LogP contribution in [0.5, 0.6) is 0 Å². The molecule has 0 saturated carbocycles. The highest BCUT2D eigenvalue weighted by atomic mass is 16.5. The molecular formula is C68H133NO5. The molecule has 440 valence electrons. The fourth-order valence-corrected chi connectivity index (χ4v) is 10.9. The monoisotopic (exact) mass is 1040 g/mol. The number of amides is 1. The maximum Gasteiger partial charge on any atom is 0.305 e. The number of nitrogens with one attached hydrogen (secondary N) is 1. The van der Waals surface area contributed by atoms with Gasteiger partial charge in [-0.05, 0) is 32.1 Å². The normalized spacial score (nSPS) is 12.5. The van der Waals surface area contributed by atoms with Crippen LogP contribution < -0.4 is 5.32 Å². The molecule has 0 rings (SSSR count). The van der Waals surface area contributed by atoms with Crippen LogP contribution in [-0.2, 0) is 14.3 Å². The van der Waals surface area contributed by atoms with Gasteiger partial charge in [-0.1, -0.05) is 353 Å². The van der Waals surface area contributed by atoms with Gasteiger partial charge in [0, 0.05) is 12.8 Å². The average molecular weight is 1040 g/mol. The van der Waals surface area contributed by atoms with Crippen LogP contribution in [0.15, 0.2) is 12.2 Å². The first-order chi connectivity index (χ1) is 36.5. The third-order valence-corrected chi connectivity index (χ3v) is 16.1. The highest BCUT2D eigenvalue weighted by Crippen LogP contribution is 2.19. The van der Waals surface area contributed by atoms with Gasteiger partial charge in [0.15, 0.2) is 0 Å². The number of carbonyl (C=O) groups is 2. The van der Waals surface area contributed by atoms with Crippen LogP contribution in [0.25, 0.3) is 0 Å². The molecule has 0 bridgehead atoms. The molecule has 0 aliphatic carbocycles. The molecule has 0 aliphatic rings. The third kappa shape index (κ3) is 59.8. The molecule has 0 heterocycles. The SMILES string of the molecule is CCCCCCCCCCCCCCCCCCCCCCCC/C=C/C(O)C(CO)NC(=O)CCCCCCCCCCCCCCCCCCOC(=O)CCCCCCCCCCCCCCCCCCC. The summed E-state index contributed by atoms with van der Waals surface area (Å²) in [5.74, 6) is -0.0623. The molecule has 0 spiro atoms. The van der Waals surface area contributed by atoms with Gasteiger partial charge >= 0.3 is 5.97 Å². The molecule has 1 amide bonds.